The number of rotatable bonds is 11. The van der Waals surface area contributed by atoms with Gasteiger partial charge in [0.1, 0.15) is 10.8 Å². The fraction of sp³-hybridized carbons (Fsp3) is 0.269. The molecule has 4 aromatic rings. The third kappa shape index (κ3) is 6.41. The minimum Gasteiger partial charge on any atom is -0.497 e. The van der Waals surface area contributed by atoms with Gasteiger partial charge in [-0.05, 0) is 55.1 Å². The molecular weight excluding hydrogens is 448 g/mol. The van der Waals surface area contributed by atoms with Crippen molar-refractivity contribution < 1.29 is 4.74 Å². The summed E-state index contributed by atoms with van der Waals surface area (Å²) in [6, 6.07) is 22.7. The summed E-state index contributed by atoms with van der Waals surface area (Å²) in [6.45, 7) is 2.86. The lowest BCUT2D eigenvalue weighted by atomic mass is 10.2. The van der Waals surface area contributed by atoms with Crippen LogP contribution in [0, 0.1) is 0 Å². The Morgan fingerprint density at radius 3 is 2.64 bits per heavy atom. The Bertz CT molecular complexity index is 1140. The number of nitrogens with one attached hydrogen (secondary N) is 1. The van der Waals surface area contributed by atoms with Crippen molar-refractivity contribution in [2.75, 3.05) is 50.6 Å². The minimum absolute atomic E-state index is 0.754. The molecule has 33 heavy (non-hydrogen) atoms. The molecule has 0 amide bonds. The highest BCUT2D eigenvalue weighted by Gasteiger charge is 2.08. The van der Waals surface area contributed by atoms with Gasteiger partial charge in [-0.1, -0.05) is 24.3 Å². The van der Waals surface area contributed by atoms with E-state index in [4.69, 9.17) is 15.5 Å². The maximum absolute atomic E-state index is 6.33. The second-order valence-corrected chi connectivity index (χ2v) is 10.1. The third-order valence-corrected chi connectivity index (χ3v) is 7.54. The van der Waals surface area contributed by atoms with Crippen LogP contribution in [0.3, 0.4) is 0 Å². The molecular formula is C26H30N4OS2. The lowest BCUT2D eigenvalue weighted by Gasteiger charge is -2.18. The van der Waals surface area contributed by atoms with Gasteiger partial charge in [0, 0.05) is 36.7 Å². The van der Waals surface area contributed by atoms with Crippen LogP contribution in [0.25, 0.3) is 20.8 Å². The van der Waals surface area contributed by atoms with E-state index in [0.29, 0.717) is 0 Å². The topological polar surface area (TPSA) is 63.4 Å². The number of para-hydroxylation sites is 1. The summed E-state index contributed by atoms with van der Waals surface area (Å²) >= 11 is 3.65. The first-order valence-corrected chi connectivity index (χ1v) is 13.0. The van der Waals surface area contributed by atoms with Crippen molar-refractivity contribution >= 4 is 44.7 Å². The van der Waals surface area contributed by atoms with Crippen LogP contribution in [-0.4, -0.2) is 49.4 Å². The number of hydrogen-bond donors (Lipinski definition) is 2. The lowest BCUT2D eigenvalue weighted by molar-refractivity contribution is 0.370. The number of ether oxygens (including phenoxy) is 1. The lowest BCUT2D eigenvalue weighted by Crippen LogP contribution is -2.27. The Morgan fingerprint density at radius 2 is 1.88 bits per heavy atom. The van der Waals surface area contributed by atoms with Crippen molar-refractivity contribution in [2.45, 2.75) is 5.75 Å². The van der Waals surface area contributed by atoms with Gasteiger partial charge < -0.3 is 20.7 Å². The molecule has 0 fully saturated rings. The van der Waals surface area contributed by atoms with Crippen LogP contribution < -0.4 is 15.8 Å². The molecule has 0 aliphatic heterocycles. The van der Waals surface area contributed by atoms with Gasteiger partial charge in [-0.15, -0.1) is 11.3 Å². The van der Waals surface area contributed by atoms with Crippen LogP contribution >= 0.6 is 23.1 Å². The van der Waals surface area contributed by atoms with Gasteiger partial charge in [-0.25, -0.2) is 4.98 Å². The number of benzene rings is 3. The first-order valence-electron chi connectivity index (χ1n) is 11.0. The van der Waals surface area contributed by atoms with Crippen LogP contribution in [0.5, 0.6) is 5.75 Å². The molecule has 4 rings (SSSR count). The molecule has 5 nitrogen and oxygen atoms in total. The number of thioether (sulfide) groups is 1. The van der Waals surface area contributed by atoms with E-state index in [1.165, 1.54) is 10.3 Å². The highest BCUT2D eigenvalue weighted by Crippen LogP contribution is 2.32. The highest BCUT2D eigenvalue weighted by molar-refractivity contribution is 7.98. The van der Waals surface area contributed by atoms with Gasteiger partial charge in [0.2, 0.25) is 0 Å². The van der Waals surface area contributed by atoms with Gasteiger partial charge in [0.05, 0.1) is 28.7 Å². The molecule has 0 atom stereocenters. The molecule has 0 saturated heterocycles. The van der Waals surface area contributed by atoms with Crippen molar-refractivity contribution in [3.8, 4) is 16.3 Å². The van der Waals surface area contributed by atoms with E-state index in [0.717, 1.165) is 64.4 Å². The first kappa shape index (κ1) is 23.4. The molecule has 0 bridgehead atoms. The van der Waals surface area contributed by atoms with E-state index < -0.39 is 0 Å². The molecule has 7 heteroatoms. The highest BCUT2D eigenvalue weighted by atomic mass is 32.2. The van der Waals surface area contributed by atoms with Gasteiger partial charge >= 0.3 is 0 Å². The number of methoxy groups -OCH3 is 1. The quantitative estimate of drug-likeness (QED) is 0.209. The van der Waals surface area contributed by atoms with Crippen LogP contribution in [0.2, 0.25) is 0 Å². The Balaban J connectivity index is 1.19. The van der Waals surface area contributed by atoms with E-state index in [9.17, 15) is 0 Å². The maximum atomic E-state index is 6.33. The molecule has 0 aliphatic rings. The van der Waals surface area contributed by atoms with E-state index >= 15 is 0 Å². The number of aromatic nitrogens is 1. The summed E-state index contributed by atoms with van der Waals surface area (Å²) in [7, 11) is 3.86. The summed E-state index contributed by atoms with van der Waals surface area (Å²) in [5.41, 5.74) is 11.5. The smallest absolute Gasteiger partial charge is 0.124 e. The molecule has 0 aliphatic carbocycles. The van der Waals surface area contributed by atoms with Crippen LogP contribution in [0.4, 0.5) is 11.4 Å². The Morgan fingerprint density at radius 1 is 1.06 bits per heavy atom. The molecule has 3 N–H and O–H groups in total. The Hall–Kier alpha value is -2.74. The summed E-state index contributed by atoms with van der Waals surface area (Å²) < 4.78 is 6.40. The number of nitrogen functional groups attached to an aromatic ring is 1. The number of fused-ring (bicyclic) bond motifs is 1. The SMILES string of the molecule is COc1ccc(CSCCN(C)CCNc2ccc(-c3nc4ccccc4s3)cc2N)cc1. The largest absolute Gasteiger partial charge is 0.497 e. The maximum Gasteiger partial charge on any atom is 0.124 e. The molecule has 0 radical (unpaired) electrons. The van der Waals surface area contributed by atoms with Crippen molar-refractivity contribution in [3.05, 3.63) is 72.3 Å². The fourth-order valence-corrected chi connectivity index (χ4v) is 5.45. The van der Waals surface area contributed by atoms with Crippen LogP contribution in [0.15, 0.2) is 66.7 Å². The molecule has 3 aromatic carbocycles. The number of hydrogen-bond acceptors (Lipinski definition) is 7. The van der Waals surface area contributed by atoms with E-state index in [-0.39, 0.29) is 0 Å². The zero-order chi connectivity index (χ0) is 23.0. The molecule has 1 heterocycles. The standard InChI is InChI=1S/C26H30N4OS2/c1-30(15-16-32-18-19-7-10-21(31-2)11-8-19)14-13-28-23-12-9-20(17-22(23)27)26-29-24-5-3-4-6-25(24)33-26/h3-12,17,28H,13-16,18,27H2,1-2H3. The number of thiazole rings is 1. The minimum atomic E-state index is 0.754. The van der Waals surface area contributed by atoms with E-state index in [1.54, 1.807) is 18.4 Å². The van der Waals surface area contributed by atoms with E-state index in [2.05, 4.69) is 47.6 Å². The number of nitrogens with zero attached hydrogens (tertiary/aromatic N) is 2. The second-order valence-electron chi connectivity index (χ2n) is 7.92. The van der Waals surface area contributed by atoms with Crippen molar-refractivity contribution in [3.63, 3.8) is 0 Å². The molecule has 0 saturated carbocycles. The number of likely N-dealkylation sites (N-methyl/N-ethyl adjacent to an activating group) is 1. The third-order valence-electron chi connectivity index (χ3n) is 5.45. The molecule has 0 spiro atoms. The fourth-order valence-electron chi connectivity index (χ4n) is 3.48. The number of anilines is 2. The van der Waals surface area contributed by atoms with Crippen molar-refractivity contribution in [1.29, 1.82) is 0 Å². The summed E-state index contributed by atoms with van der Waals surface area (Å²) in [5.74, 6) is 3.03. The van der Waals surface area contributed by atoms with Gasteiger partial charge in [0.15, 0.2) is 0 Å². The molecule has 1 aromatic heterocycles. The normalized spacial score (nSPS) is 11.2. The second kappa shape index (κ2) is 11.4. The predicted octanol–water partition coefficient (Wildman–Crippen LogP) is 5.83. The number of nitrogens with two attached hydrogens (primary N) is 1. The summed E-state index contributed by atoms with van der Waals surface area (Å²) in [4.78, 5) is 7.08. The zero-order valence-corrected chi connectivity index (χ0v) is 20.7. The van der Waals surface area contributed by atoms with Crippen molar-refractivity contribution in [1.82, 2.24) is 9.88 Å². The summed E-state index contributed by atoms with van der Waals surface area (Å²) in [6.07, 6.45) is 0. The molecule has 0 unspecified atom stereocenters. The first-order chi connectivity index (χ1) is 16.1. The van der Waals surface area contributed by atoms with Crippen LogP contribution in [-0.2, 0) is 5.75 Å². The van der Waals surface area contributed by atoms with Crippen LogP contribution in [0.1, 0.15) is 5.56 Å². The molecule has 172 valence electrons. The van der Waals surface area contributed by atoms with Gasteiger partial charge in [-0.2, -0.15) is 11.8 Å². The van der Waals surface area contributed by atoms with Gasteiger partial charge in [0.25, 0.3) is 0 Å². The monoisotopic (exact) mass is 478 g/mol. The van der Waals surface area contributed by atoms with E-state index in [1.807, 2.05) is 48.2 Å². The zero-order valence-electron chi connectivity index (χ0n) is 19.1. The Kier molecular flexibility index (Phi) is 8.10. The van der Waals surface area contributed by atoms with Gasteiger partial charge in [-0.3, -0.25) is 0 Å². The average Bonchev–Trinajstić information content (AvgIpc) is 3.27. The average molecular weight is 479 g/mol. The summed E-state index contributed by atoms with van der Waals surface area (Å²) in [5, 5.41) is 4.48. The Labute approximate surface area is 204 Å². The van der Waals surface area contributed by atoms with Crippen molar-refractivity contribution in [2.24, 2.45) is 0 Å². The predicted molar refractivity (Wildman–Crippen MR) is 145 cm³/mol.